The second kappa shape index (κ2) is 7.65. The van der Waals surface area contributed by atoms with Crippen molar-refractivity contribution in [2.45, 2.75) is 25.3 Å². The highest BCUT2D eigenvalue weighted by atomic mass is 16.2. The molecule has 0 aliphatic carbocycles. The number of carbonyl (C=O) groups excluding carboxylic acids is 1. The van der Waals surface area contributed by atoms with E-state index in [-0.39, 0.29) is 5.91 Å². The smallest absolute Gasteiger partial charge is 0.253 e. The van der Waals surface area contributed by atoms with E-state index >= 15 is 0 Å². The Morgan fingerprint density at radius 2 is 2.00 bits per heavy atom. The number of hydrogen-bond acceptors (Lipinski definition) is 4. The van der Waals surface area contributed by atoms with Gasteiger partial charge in [0.15, 0.2) is 0 Å². The summed E-state index contributed by atoms with van der Waals surface area (Å²) in [5, 5.41) is 7.51. The van der Waals surface area contributed by atoms with Crippen molar-refractivity contribution in [3.05, 3.63) is 66.0 Å². The molecular weight excluding hydrogens is 340 g/mol. The van der Waals surface area contributed by atoms with Crippen LogP contribution < -0.4 is 5.32 Å². The fourth-order valence-electron chi connectivity index (χ4n) is 3.56. The Bertz CT molecular complexity index is 876. The zero-order valence-corrected chi connectivity index (χ0v) is 15.4. The van der Waals surface area contributed by atoms with Gasteiger partial charge in [-0.1, -0.05) is 0 Å². The van der Waals surface area contributed by atoms with Gasteiger partial charge in [0.25, 0.3) is 5.91 Å². The molecule has 1 fully saturated rings. The summed E-state index contributed by atoms with van der Waals surface area (Å²) in [7, 11) is 1.90. The lowest BCUT2D eigenvalue weighted by Gasteiger charge is -2.31. The van der Waals surface area contributed by atoms with Crippen LogP contribution in [0, 0.1) is 0 Å². The molecule has 140 valence electrons. The minimum atomic E-state index is 0.108. The molecule has 3 heterocycles. The average Bonchev–Trinajstić information content (AvgIpc) is 3.38. The fourth-order valence-corrected chi connectivity index (χ4v) is 3.56. The number of aryl methyl sites for hydroxylation is 1. The van der Waals surface area contributed by atoms with E-state index in [1.165, 1.54) is 5.69 Å². The summed E-state index contributed by atoms with van der Waals surface area (Å²) in [6.45, 7) is 2.27. The summed E-state index contributed by atoms with van der Waals surface area (Å²) >= 11 is 0. The van der Waals surface area contributed by atoms with Gasteiger partial charge in [-0.2, -0.15) is 5.10 Å². The molecule has 7 nitrogen and oxygen atoms in total. The van der Waals surface area contributed by atoms with Crippen molar-refractivity contribution >= 4 is 11.6 Å². The largest absolute Gasteiger partial charge is 0.381 e. The molecule has 2 aromatic heterocycles. The molecule has 1 aromatic carbocycles. The Hall–Kier alpha value is -3.09. The topological polar surface area (TPSA) is 78.8 Å². The number of imidazole rings is 1. The van der Waals surface area contributed by atoms with Crippen molar-refractivity contribution < 1.29 is 4.79 Å². The average molecular weight is 364 g/mol. The molecule has 7 heteroatoms. The molecule has 1 aliphatic heterocycles. The number of benzene rings is 1. The number of nitrogens with zero attached hydrogens (tertiary/aromatic N) is 4. The van der Waals surface area contributed by atoms with Gasteiger partial charge in [-0.25, -0.2) is 4.98 Å². The van der Waals surface area contributed by atoms with Gasteiger partial charge in [0.1, 0.15) is 0 Å². The van der Waals surface area contributed by atoms with Crippen LogP contribution in [-0.4, -0.2) is 43.6 Å². The third kappa shape index (κ3) is 4.02. The standard InChI is InChI=1S/C20H24N6O/c1-25-13-15(11-24-25)10-22-18-4-2-17(3-5-18)20(27)26-8-6-16(7-9-26)19-12-21-14-23-19/h2-5,11-14,16,22H,6-10H2,1H3,(H,21,23). The van der Waals surface area contributed by atoms with Crippen molar-refractivity contribution in [3.63, 3.8) is 0 Å². The van der Waals surface area contributed by atoms with Crippen LogP contribution in [0.15, 0.2) is 49.2 Å². The van der Waals surface area contributed by atoms with E-state index in [1.54, 1.807) is 11.0 Å². The molecule has 0 unspecified atom stereocenters. The van der Waals surface area contributed by atoms with Crippen molar-refractivity contribution in [2.75, 3.05) is 18.4 Å². The summed E-state index contributed by atoms with van der Waals surface area (Å²) in [5.74, 6) is 0.576. The highest BCUT2D eigenvalue weighted by molar-refractivity contribution is 5.94. The Kier molecular flexibility index (Phi) is 4.91. The monoisotopic (exact) mass is 364 g/mol. The van der Waals surface area contributed by atoms with Gasteiger partial charge in [0, 0.05) is 67.5 Å². The van der Waals surface area contributed by atoms with Crippen LogP contribution in [-0.2, 0) is 13.6 Å². The lowest BCUT2D eigenvalue weighted by atomic mass is 9.93. The molecule has 0 radical (unpaired) electrons. The molecular formula is C20H24N6O. The number of amides is 1. The van der Waals surface area contributed by atoms with Crippen LogP contribution in [0.1, 0.15) is 40.4 Å². The Balaban J connectivity index is 1.31. The van der Waals surface area contributed by atoms with E-state index in [4.69, 9.17) is 0 Å². The van der Waals surface area contributed by atoms with Crippen molar-refractivity contribution in [3.8, 4) is 0 Å². The zero-order chi connectivity index (χ0) is 18.6. The van der Waals surface area contributed by atoms with Crippen LogP contribution >= 0.6 is 0 Å². The number of H-pyrrole nitrogens is 1. The van der Waals surface area contributed by atoms with Gasteiger partial charge in [0.2, 0.25) is 0 Å². The summed E-state index contributed by atoms with van der Waals surface area (Å²) in [4.78, 5) is 22.0. The van der Waals surface area contributed by atoms with Gasteiger partial charge in [-0.3, -0.25) is 9.48 Å². The number of piperidine rings is 1. The first kappa shape index (κ1) is 17.3. The Morgan fingerprint density at radius 3 is 2.63 bits per heavy atom. The van der Waals surface area contributed by atoms with Crippen LogP contribution in [0.4, 0.5) is 5.69 Å². The molecule has 0 spiro atoms. The molecule has 2 N–H and O–H groups in total. The number of likely N-dealkylation sites (tertiary alicyclic amines) is 1. The number of nitrogens with one attached hydrogen (secondary N) is 2. The lowest BCUT2D eigenvalue weighted by molar-refractivity contribution is 0.0712. The zero-order valence-electron chi connectivity index (χ0n) is 15.4. The van der Waals surface area contributed by atoms with Crippen LogP contribution in [0.25, 0.3) is 0 Å². The number of aromatic amines is 1. The second-order valence-corrected chi connectivity index (χ2v) is 7.03. The second-order valence-electron chi connectivity index (χ2n) is 7.03. The van der Waals surface area contributed by atoms with Crippen LogP contribution in [0.2, 0.25) is 0 Å². The molecule has 1 amide bonds. The molecule has 0 saturated carbocycles. The fraction of sp³-hybridized carbons (Fsp3) is 0.350. The maximum absolute atomic E-state index is 12.8. The SMILES string of the molecule is Cn1cc(CNc2ccc(C(=O)N3CCC(c4cnc[nH]4)CC3)cc2)cn1. The van der Waals surface area contributed by atoms with Gasteiger partial charge in [-0.15, -0.1) is 0 Å². The molecule has 4 rings (SSSR count). The molecule has 0 atom stereocenters. The lowest BCUT2D eigenvalue weighted by Crippen LogP contribution is -2.37. The summed E-state index contributed by atoms with van der Waals surface area (Å²) in [6, 6.07) is 7.71. The van der Waals surface area contributed by atoms with E-state index in [1.807, 2.05) is 54.8 Å². The number of anilines is 1. The van der Waals surface area contributed by atoms with Gasteiger partial charge in [0.05, 0.1) is 12.5 Å². The summed E-state index contributed by atoms with van der Waals surface area (Å²) in [5.41, 5.74) is 4.03. The number of rotatable bonds is 5. The van der Waals surface area contributed by atoms with E-state index in [2.05, 4.69) is 20.4 Å². The quantitative estimate of drug-likeness (QED) is 0.730. The first-order chi connectivity index (χ1) is 13.2. The normalized spacial score (nSPS) is 15.1. The van der Waals surface area contributed by atoms with E-state index in [0.717, 1.165) is 42.7 Å². The third-order valence-corrected chi connectivity index (χ3v) is 5.13. The molecule has 0 bridgehead atoms. The maximum atomic E-state index is 12.8. The molecule has 3 aromatic rings. The predicted molar refractivity (Wildman–Crippen MR) is 103 cm³/mol. The van der Waals surface area contributed by atoms with Crippen molar-refractivity contribution in [2.24, 2.45) is 7.05 Å². The summed E-state index contributed by atoms with van der Waals surface area (Å²) < 4.78 is 1.79. The van der Waals surface area contributed by atoms with Crippen molar-refractivity contribution in [1.29, 1.82) is 0 Å². The maximum Gasteiger partial charge on any atom is 0.253 e. The van der Waals surface area contributed by atoms with Crippen molar-refractivity contribution in [1.82, 2.24) is 24.6 Å². The van der Waals surface area contributed by atoms with E-state index < -0.39 is 0 Å². The highest BCUT2D eigenvalue weighted by Crippen LogP contribution is 2.27. The third-order valence-electron chi connectivity index (χ3n) is 5.13. The molecule has 1 aliphatic rings. The van der Waals surface area contributed by atoms with Crippen LogP contribution in [0.3, 0.4) is 0 Å². The molecule has 1 saturated heterocycles. The number of carbonyl (C=O) groups is 1. The minimum absolute atomic E-state index is 0.108. The highest BCUT2D eigenvalue weighted by Gasteiger charge is 2.25. The van der Waals surface area contributed by atoms with E-state index in [9.17, 15) is 4.79 Å². The Morgan fingerprint density at radius 1 is 1.22 bits per heavy atom. The van der Waals surface area contributed by atoms with E-state index in [0.29, 0.717) is 12.5 Å². The molecule has 27 heavy (non-hydrogen) atoms. The number of hydrogen-bond donors (Lipinski definition) is 2. The minimum Gasteiger partial charge on any atom is -0.381 e. The Labute approximate surface area is 158 Å². The summed E-state index contributed by atoms with van der Waals surface area (Å²) in [6.07, 6.45) is 9.38. The number of aromatic nitrogens is 4. The van der Waals surface area contributed by atoms with Gasteiger partial charge < -0.3 is 15.2 Å². The van der Waals surface area contributed by atoms with Crippen LogP contribution in [0.5, 0.6) is 0 Å². The predicted octanol–water partition coefficient (Wildman–Crippen LogP) is 2.78. The first-order valence-corrected chi connectivity index (χ1v) is 9.28. The van der Waals surface area contributed by atoms with Gasteiger partial charge in [-0.05, 0) is 37.1 Å². The van der Waals surface area contributed by atoms with Gasteiger partial charge >= 0.3 is 0 Å². The first-order valence-electron chi connectivity index (χ1n) is 9.28.